The zero-order valence-corrected chi connectivity index (χ0v) is 15.4. The van der Waals surface area contributed by atoms with E-state index in [1.807, 2.05) is 0 Å². The van der Waals surface area contributed by atoms with Crippen LogP contribution in [0.4, 0.5) is 0 Å². The van der Waals surface area contributed by atoms with E-state index in [-0.39, 0.29) is 6.79 Å². The third kappa shape index (κ3) is 2.98. The van der Waals surface area contributed by atoms with Crippen LogP contribution in [0.3, 0.4) is 0 Å². The van der Waals surface area contributed by atoms with Gasteiger partial charge in [-0.25, -0.2) is 0 Å². The number of benzene rings is 2. The van der Waals surface area contributed by atoms with E-state index in [1.165, 1.54) is 16.7 Å². The quantitative estimate of drug-likeness (QED) is 0.677. The molecule has 2 heterocycles. The summed E-state index contributed by atoms with van der Waals surface area (Å²) in [6.45, 7) is 5.30. The molecule has 4 rings (SSSR count). The highest BCUT2D eigenvalue weighted by atomic mass is 16.7. The normalized spacial score (nSPS) is 15.0. The zero-order valence-electron chi connectivity index (χ0n) is 15.4. The average molecular weight is 348 g/mol. The molecule has 0 aromatic heterocycles. The summed E-state index contributed by atoms with van der Waals surface area (Å²) >= 11 is 0. The van der Waals surface area contributed by atoms with Crippen LogP contribution < -0.4 is 14.2 Å². The summed E-state index contributed by atoms with van der Waals surface area (Å²) in [5.74, 6) is 2.64. The number of hydrogen-bond acceptors (Lipinski definition) is 3. The molecule has 26 heavy (non-hydrogen) atoms. The van der Waals surface area contributed by atoms with E-state index in [1.54, 1.807) is 0 Å². The van der Waals surface area contributed by atoms with Crippen molar-refractivity contribution in [3.05, 3.63) is 53.1 Å². The molecule has 2 aromatic rings. The predicted molar refractivity (Wildman–Crippen MR) is 106 cm³/mol. The Morgan fingerprint density at radius 3 is 2.62 bits per heavy atom. The molecule has 0 saturated heterocycles. The van der Waals surface area contributed by atoms with E-state index in [0.717, 1.165) is 54.2 Å². The van der Waals surface area contributed by atoms with E-state index in [2.05, 4.69) is 62.4 Å². The fourth-order valence-corrected chi connectivity index (χ4v) is 3.56. The first-order valence-corrected chi connectivity index (χ1v) is 9.37. The highest BCUT2D eigenvalue weighted by molar-refractivity contribution is 5.87. The summed E-state index contributed by atoms with van der Waals surface area (Å²) in [4.78, 5) is 0. The third-order valence-corrected chi connectivity index (χ3v) is 4.76. The third-order valence-electron chi connectivity index (χ3n) is 4.76. The number of ether oxygens (including phenoxy) is 3. The summed E-state index contributed by atoms with van der Waals surface area (Å²) < 4.78 is 17.4. The van der Waals surface area contributed by atoms with Gasteiger partial charge in [-0.2, -0.15) is 0 Å². The fraction of sp³-hybridized carbons (Fsp3) is 0.304. The van der Waals surface area contributed by atoms with Gasteiger partial charge in [0.15, 0.2) is 11.5 Å². The number of rotatable bonds is 5. The molecule has 2 aliphatic heterocycles. The van der Waals surface area contributed by atoms with Gasteiger partial charge in [0, 0.05) is 17.5 Å². The zero-order chi connectivity index (χ0) is 17.9. The van der Waals surface area contributed by atoms with Gasteiger partial charge >= 0.3 is 0 Å². The van der Waals surface area contributed by atoms with E-state index in [4.69, 9.17) is 14.2 Å². The largest absolute Gasteiger partial charge is 0.493 e. The summed E-state index contributed by atoms with van der Waals surface area (Å²) in [6.07, 6.45) is 11.6. The molecule has 0 N–H and O–H groups in total. The summed E-state index contributed by atoms with van der Waals surface area (Å²) in [7, 11) is 0. The highest BCUT2D eigenvalue weighted by Crippen LogP contribution is 2.47. The lowest BCUT2D eigenvalue weighted by Gasteiger charge is -2.15. The summed E-state index contributed by atoms with van der Waals surface area (Å²) in [5, 5.41) is 0. The highest BCUT2D eigenvalue weighted by Gasteiger charge is 2.26. The molecular weight excluding hydrogens is 324 g/mol. The summed E-state index contributed by atoms with van der Waals surface area (Å²) in [6, 6.07) is 8.48. The Bertz CT molecular complexity index is 878. The molecule has 134 valence electrons. The van der Waals surface area contributed by atoms with Gasteiger partial charge in [-0.05, 0) is 47.7 Å². The van der Waals surface area contributed by atoms with Crippen LogP contribution in [0.1, 0.15) is 43.4 Å². The first-order chi connectivity index (χ1) is 12.8. The van der Waals surface area contributed by atoms with Crippen LogP contribution in [0.2, 0.25) is 0 Å². The molecule has 0 bridgehead atoms. The SMILES string of the molecule is CC/C=C/c1cc2c(c(-c3c(/C=C/CC)ccc4c3CCO4)c1)OCO2. The van der Waals surface area contributed by atoms with Crippen molar-refractivity contribution in [1.82, 2.24) is 0 Å². The van der Waals surface area contributed by atoms with Crippen molar-refractivity contribution in [1.29, 1.82) is 0 Å². The predicted octanol–water partition coefficient (Wildman–Crippen LogP) is 5.86. The molecule has 0 saturated carbocycles. The molecule has 0 unspecified atom stereocenters. The topological polar surface area (TPSA) is 27.7 Å². The maximum atomic E-state index is 5.85. The second-order valence-corrected chi connectivity index (χ2v) is 6.53. The van der Waals surface area contributed by atoms with Gasteiger partial charge in [-0.3, -0.25) is 0 Å². The molecule has 0 fully saturated rings. The van der Waals surface area contributed by atoms with Crippen LogP contribution in [0, 0.1) is 0 Å². The summed E-state index contributed by atoms with van der Waals surface area (Å²) in [5.41, 5.74) is 5.89. The molecule has 3 nitrogen and oxygen atoms in total. The Balaban J connectivity index is 1.95. The van der Waals surface area contributed by atoms with Crippen molar-refractivity contribution >= 4 is 12.2 Å². The lowest BCUT2D eigenvalue weighted by atomic mass is 9.90. The van der Waals surface area contributed by atoms with Crippen LogP contribution in [-0.2, 0) is 6.42 Å². The lowest BCUT2D eigenvalue weighted by molar-refractivity contribution is 0.174. The van der Waals surface area contributed by atoms with Crippen molar-refractivity contribution < 1.29 is 14.2 Å². The van der Waals surface area contributed by atoms with E-state index >= 15 is 0 Å². The Morgan fingerprint density at radius 1 is 0.923 bits per heavy atom. The Labute approximate surface area is 154 Å². The van der Waals surface area contributed by atoms with E-state index < -0.39 is 0 Å². The van der Waals surface area contributed by atoms with Gasteiger partial charge < -0.3 is 14.2 Å². The minimum Gasteiger partial charge on any atom is -0.493 e. The maximum absolute atomic E-state index is 5.85. The number of fused-ring (bicyclic) bond motifs is 2. The molecule has 0 amide bonds. The van der Waals surface area contributed by atoms with Crippen LogP contribution in [0.5, 0.6) is 17.2 Å². The molecule has 2 aromatic carbocycles. The average Bonchev–Trinajstić information content (AvgIpc) is 3.32. The van der Waals surface area contributed by atoms with Gasteiger partial charge in [0.05, 0.1) is 6.61 Å². The second-order valence-electron chi connectivity index (χ2n) is 6.53. The van der Waals surface area contributed by atoms with Crippen molar-refractivity contribution in [2.24, 2.45) is 0 Å². The standard InChI is InChI=1S/C23H24O3/c1-3-5-7-16-13-19(23-21(14-16)25-15-26-23)22-17(8-6-4-2)9-10-20-18(22)11-12-24-20/h5-10,13-14H,3-4,11-12,15H2,1-2H3/b7-5+,8-6+. The maximum Gasteiger partial charge on any atom is 0.231 e. The smallest absolute Gasteiger partial charge is 0.231 e. The van der Waals surface area contributed by atoms with Crippen LogP contribution in [0.25, 0.3) is 23.3 Å². The van der Waals surface area contributed by atoms with Gasteiger partial charge in [-0.15, -0.1) is 0 Å². The van der Waals surface area contributed by atoms with Crippen LogP contribution >= 0.6 is 0 Å². The van der Waals surface area contributed by atoms with Gasteiger partial charge in [0.2, 0.25) is 6.79 Å². The number of hydrogen-bond donors (Lipinski definition) is 0. The van der Waals surface area contributed by atoms with Gasteiger partial charge in [-0.1, -0.05) is 44.2 Å². The monoisotopic (exact) mass is 348 g/mol. The Morgan fingerprint density at radius 2 is 1.77 bits per heavy atom. The van der Waals surface area contributed by atoms with Crippen molar-refractivity contribution in [2.45, 2.75) is 33.1 Å². The molecule has 0 radical (unpaired) electrons. The van der Waals surface area contributed by atoms with E-state index in [0.29, 0.717) is 0 Å². The van der Waals surface area contributed by atoms with Crippen molar-refractivity contribution in [2.75, 3.05) is 13.4 Å². The van der Waals surface area contributed by atoms with Crippen LogP contribution in [0.15, 0.2) is 36.4 Å². The Kier molecular flexibility index (Phi) is 4.70. The molecule has 0 spiro atoms. The minimum absolute atomic E-state index is 0.273. The Hall–Kier alpha value is -2.68. The molecular formula is C23H24O3. The minimum atomic E-state index is 0.273. The number of allylic oxidation sites excluding steroid dienone is 2. The fourth-order valence-electron chi connectivity index (χ4n) is 3.56. The van der Waals surface area contributed by atoms with Crippen molar-refractivity contribution in [3.8, 4) is 28.4 Å². The van der Waals surface area contributed by atoms with Gasteiger partial charge in [0.25, 0.3) is 0 Å². The molecule has 0 aliphatic carbocycles. The lowest BCUT2D eigenvalue weighted by Crippen LogP contribution is -1.95. The van der Waals surface area contributed by atoms with E-state index in [9.17, 15) is 0 Å². The molecule has 3 heteroatoms. The van der Waals surface area contributed by atoms with Crippen molar-refractivity contribution in [3.63, 3.8) is 0 Å². The van der Waals surface area contributed by atoms with Crippen LogP contribution in [-0.4, -0.2) is 13.4 Å². The van der Waals surface area contributed by atoms with Gasteiger partial charge in [0.1, 0.15) is 5.75 Å². The molecule has 0 atom stereocenters. The second kappa shape index (κ2) is 7.28. The first kappa shape index (κ1) is 16.8. The first-order valence-electron chi connectivity index (χ1n) is 9.37. The molecule has 2 aliphatic rings.